The smallest absolute Gasteiger partial charge is 0.264 e. The number of aromatic nitrogens is 1. The number of halogens is 3. The molecule has 106 valence electrons. The minimum absolute atomic E-state index is 0.144. The first-order valence-corrected chi connectivity index (χ1v) is 8.42. The Hall–Kier alpha value is -1.11. The molecule has 0 saturated heterocycles. The summed E-state index contributed by atoms with van der Waals surface area (Å²) < 4.78 is 3.95. The third-order valence-electron chi connectivity index (χ3n) is 3.16. The van der Waals surface area contributed by atoms with Gasteiger partial charge in [0, 0.05) is 18.8 Å². The van der Waals surface area contributed by atoms with E-state index in [1.54, 1.807) is 12.1 Å². The highest BCUT2D eigenvalue weighted by Gasteiger charge is 2.15. The van der Waals surface area contributed by atoms with Crippen molar-refractivity contribution < 1.29 is 0 Å². The van der Waals surface area contributed by atoms with Gasteiger partial charge in [-0.25, -0.2) is 0 Å². The number of nitrogens with zero attached hydrogens (tertiary/aromatic N) is 1. The maximum absolute atomic E-state index is 12.8. The Morgan fingerprint density at radius 2 is 1.57 bits per heavy atom. The second-order valence-electron chi connectivity index (χ2n) is 4.52. The zero-order chi connectivity index (χ0) is 15.1. The fraction of sp³-hybridized carbons (Fsp3) is 0. The topological polar surface area (TPSA) is 48.0 Å². The lowest BCUT2D eigenvalue weighted by atomic mass is 10.1. The molecule has 0 aliphatic carbocycles. The van der Waals surface area contributed by atoms with Crippen molar-refractivity contribution in [1.29, 1.82) is 0 Å². The predicted molar refractivity (Wildman–Crippen MR) is 97.1 cm³/mol. The van der Waals surface area contributed by atoms with Gasteiger partial charge in [0.05, 0.1) is 5.69 Å². The number of nitrogens with two attached hydrogens (primary N) is 1. The van der Waals surface area contributed by atoms with Crippen molar-refractivity contribution in [2.45, 2.75) is 0 Å². The lowest BCUT2D eigenvalue weighted by Crippen LogP contribution is -2.22. The summed E-state index contributed by atoms with van der Waals surface area (Å²) in [5.74, 6) is 0.391. The van der Waals surface area contributed by atoms with Crippen molar-refractivity contribution in [2.24, 2.45) is 0 Å². The second-order valence-corrected chi connectivity index (χ2v) is 7.14. The molecule has 1 heterocycles. The minimum atomic E-state index is -0.144. The van der Waals surface area contributed by atoms with Gasteiger partial charge in [0.25, 0.3) is 5.56 Å². The first kappa shape index (κ1) is 14.8. The average molecular weight is 473 g/mol. The summed E-state index contributed by atoms with van der Waals surface area (Å²) in [6.07, 6.45) is 0. The Labute approximate surface area is 146 Å². The quantitative estimate of drug-likeness (QED) is 0.550. The summed E-state index contributed by atoms with van der Waals surface area (Å²) in [7, 11) is 0. The van der Waals surface area contributed by atoms with Crippen LogP contribution in [0, 0.1) is 0 Å². The van der Waals surface area contributed by atoms with Crippen molar-refractivity contribution in [3.05, 3.63) is 66.2 Å². The highest BCUT2D eigenvalue weighted by atomic mass is 79.9. The van der Waals surface area contributed by atoms with Gasteiger partial charge >= 0.3 is 0 Å². The third-order valence-corrected chi connectivity index (χ3v) is 4.83. The Morgan fingerprint density at radius 3 is 2.24 bits per heavy atom. The molecule has 3 aromatic rings. The van der Waals surface area contributed by atoms with Gasteiger partial charge in [0.1, 0.15) is 5.82 Å². The summed E-state index contributed by atoms with van der Waals surface area (Å²) in [6.45, 7) is 0. The number of hydrogen-bond donors (Lipinski definition) is 1. The van der Waals surface area contributed by atoms with Gasteiger partial charge in [-0.1, -0.05) is 34.1 Å². The summed E-state index contributed by atoms with van der Waals surface area (Å²) in [6, 6.07) is 13.0. The van der Waals surface area contributed by atoms with Crippen molar-refractivity contribution in [2.75, 3.05) is 5.73 Å². The molecule has 0 unspecified atom stereocenters. The molecule has 3 rings (SSSR count). The Bertz CT molecular complexity index is 895. The second kappa shape index (κ2) is 5.59. The van der Waals surface area contributed by atoms with E-state index >= 15 is 0 Å². The first-order valence-electron chi connectivity index (χ1n) is 6.04. The molecule has 0 aliphatic heterocycles. The van der Waals surface area contributed by atoms with Crippen LogP contribution in [0.3, 0.4) is 0 Å². The summed E-state index contributed by atoms with van der Waals surface area (Å²) in [5.41, 5.74) is 6.65. The van der Waals surface area contributed by atoms with Crippen LogP contribution in [-0.4, -0.2) is 4.57 Å². The number of benzene rings is 2. The largest absolute Gasteiger partial charge is 0.385 e. The summed E-state index contributed by atoms with van der Waals surface area (Å²) in [4.78, 5) is 12.8. The van der Waals surface area contributed by atoms with E-state index in [9.17, 15) is 4.79 Å². The fourth-order valence-corrected chi connectivity index (χ4v) is 4.87. The molecule has 0 saturated carbocycles. The van der Waals surface area contributed by atoms with Crippen LogP contribution in [0.4, 0.5) is 5.82 Å². The molecule has 1 aromatic heterocycles. The highest BCUT2D eigenvalue weighted by molar-refractivity contribution is 9.11. The van der Waals surface area contributed by atoms with Crippen LogP contribution in [-0.2, 0) is 0 Å². The van der Waals surface area contributed by atoms with E-state index in [0.717, 1.165) is 18.8 Å². The van der Waals surface area contributed by atoms with E-state index in [-0.39, 0.29) is 5.56 Å². The molecule has 3 nitrogen and oxygen atoms in total. The first-order chi connectivity index (χ1) is 9.99. The minimum Gasteiger partial charge on any atom is -0.385 e. The van der Waals surface area contributed by atoms with Crippen molar-refractivity contribution in [3.63, 3.8) is 0 Å². The van der Waals surface area contributed by atoms with E-state index in [2.05, 4.69) is 47.8 Å². The monoisotopic (exact) mass is 470 g/mol. The lowest BCUT2D eigenvalue weighted by Gasteiger charge is -2.15. The molecule has 2 N–H and O–H groups in total. The molecule has 6 heteroatoms. The SMILES string of the molecule is Nc1cc2ccccc2c(=O)n1-c1c(Br)cc(Br)cc1Br. The predicted octanol–water partition coefficient (Wildman–Crippen LogP) is 4.86. The van der Waals surface area contributed by atoms with Gasteiger partial charge in [-0.3, -0.25) is 9.36 Å². The molecule has 21 heavy (non-hydrogen) atoms. The summed E-state index contributed by atoms with van der Waals surface area (Å²) >= 11 is 10.4. The van der Waals surface area contributed by atoms with Crippen LogP contribution in [0.15, 0.2) is 60.7 Å². The van der Waals surface area contributed by atoms with E-state index in [1.165, 1.54) is 4.57 Å². The standard InChI is InChI=1S/C15H9Br3N2O/c16-9-6-11(17)14(12(18)7-9)20-13(19)5-8-3-1-2-4-10(8)15(20)21/h1-7H,19H2. The van der Waals surface area contributed by atoms with Gasteiger partial charge in [-0.05, 0) is 61.5 Å². The number of anilines is 1. The average Bonchev–Trinajstić information content (AvgIpc) is 2.41. The van der Waals surface area contributed by atoms with Crippen molar-refractivity contribution in [1.82, 2.24) is 4.57 Å². The fourth-order valence-electron chi connectivity index (χ4n) is 2.26. The van der Waals surface area contributed by atoms with E-state index in [4.69, 9.17) is 5.73 Å². The third kappa shape index (κ3) is 2.56. The maximum atomic E-state index is 12.8. The maximum Gasteiger partial charge on any atom is 0.264 e. The molecule has 0 spiro atoms. The molecule has 0 atom stereocenters. The number of pyridine rings is 1. The van der Waals surface area contributed by atoms with Crippen LogP contribution in [0.1, 0.15) is 0 Å². The molecule has 0 fully saturated rings. The molecular formula is C15H9Br3N2O. The number of fused-ring (bicyclic) bond motifs is 1. The van der Waals surface area contributed by atoms with Crippen LogP contribution in [0.5, 0.6) is 0 Å². The number of hydrogen-bond acceptors (Lipinski definition) is 2. The molecule has 0 aliphatic rings. The Balaban J connectivity index is 2.44. The van der Waals surface area contributed by atoms with Crippen LogP contribution >= 0.6 is 47.8 Å². The van der Waals surface area contributed by atoms with E-state index < -0.39 is 0 Å². The van der Waals surface area contributed by atoms with Gasteiger partial charge in [-0.15, -0.1) is 0 Å². The van der Waals surface area contributed by atoms with Gasteiger partial charge < -0.3 is 5.73 Å². The van der Waals surface area contributed by atoms with Crippen LogP contribution < -0.4 is 11.3 Å². The normalized spacial score (nSPS) is 11.0. The van der Waals surface area contributed by atoms with Gasteiger partial charge in [0.2, 0.25) is 0 Å². The zero-order valence-corrected chi connectivity index (χ0v) is 15.4. The number of nitrogen functional groups attached to an aromatic ring is 1. The molecule has 0 bridgehead atoms. The molecule has 2 aromatic carbocycles. The van der Waals surface area contributed by atoms with E-state index in [0.29, 0.717) is 16.9 Å². The zero-order valence-electron chi connectivity index (χ0n) is 10.6. The molecule has 0 amide bonds. The van der Waals surface area contributed by atoms with Gasteiger partial charge in [-0.2, -0.15) is 0 Å². The Kier molecular flexibility index (Phi) is 3.94. The molecular weight excluding hydrogens is 464 g/mol. The van der Waals surface area contributed by atoms with Crippen molar-refractivity contribution in [3.8, 4) is 5.69 Å². The highest BCUT2D eigenvalue weighted by Crippen LogP contribution is 2.33. The molecule has 0 radical (unpaired) electrons. The van der Waals surface area contributed by atoms with Gasteiger partial charge in [0.15, 0.2) is 0 Å². The van der Waals surface area contributed by atoms with Crippen molar-refractivity contribution >= 4 is 64.4 Å². The van der Waals surface area contributed by atoms with Crippen LogP contribution in [0.25, 0.3) is 16.5 Å². The number of rotatable bonds is 1. The lowest BCUT2D eigenvalue weighted by molar-refractivity contribution is 1.01. The summed E-state index contributed by atoms with van der Waals surface area (Å²) in [5, 5.41) is 1.47. The van der Waals surface area contributed by atoms with Crippen LogP contribution in [0.2, 0.25) is 0 Å². The Morgan fingerprint density at radius 1 is 0.952 bits per heavy atom. The van der Waals surface area contributed by atoms with E-state index in [1.807, 2.05) is 30.3 Å².